The molecule has 4 aromatic rings. The average Bonchev–Trinajstić information content (AvgIpc) is 2.92. The predicted molar refractivity (Wildman–Crippen MR) is 148 cm³/mol. The second-order valence-electron chi connectivity index (χ2n) is 9.71. The summed E-state index contributed by atoms with van der Waals surface area (Å²) in [6, 6.07) is 36.2. The lowest BCUT2D eigenvalue weighted by Crippen LogP contribution is -2.30. The van der Waals surface area contributed by atoms with E-state index in [1.54, 1.807) is 0 Å². The molecular weight excluding hydrogens is 460 g/mol. The maximum absolute atomic E-state index is 6.23. The first-order valence-electron chi connectivity index (χ1n) is 12.8. The fraction of sp³-hybridized carbons (Fsp3) is 0.273. The van der Waals surface area contributed by atoms with Gasteiger partial charge >= 0.3 is 0 Å². The first-order chi connectivity index (χ1) is 18.0. The van der Waals surface area contributed by atoms with Crippen molar-refractivity contribution in [1.29, 1.82) is 0 Å². The van der Waals surface area contributed by atoms with Gasteiger partial charge in [-0.15, -0.1) is 0 Å². The Kier molecular flexibility index (Phi) is 9.23. The molecule has 0 aliphatic heterocycles. The van der Waals surface area contributed by atoms with Crippen molar-refractivity contribution in [2.75, 3.05) is 6.61 Å². The summed E-state index contributed by atoms with van der Waals surface area (Å²) in [6.45, 7) is 7.94. The molecule has 0 N–H and O–H groups in total. The molecule has 4 aromatic carbocycles. The van der Waals surface area contributed by atoms with Gasteiger partial charge in [-0.1, -0.05) is 72.8 Å². The third-order valence-electron chi connectivity index (χ3n) is 6.14. The lowest BCUT2D eigenvalue weighted by Gasteiger charge is -2.27. The van der Waals surface area contributed by atoms with Crippen LogP contribution in [0.3, 0.4) is 0 Å². The van der Waals surface area contributed by atoms with Crippen molar-refractivity contribution in [3.63, 3.8) is 0 Å². The maximum atomic E-state index is 6.23. The van der Waals surface area contributed by atoms with Crippen LogP contribution >= 0.6 is 0 Å². The molecule has 37 heavy (non-hydrogen) atoms. The monoisotopic (exact) mass is 496 g/mol. The molecule has 0 heterocycles. The predicted octanol–water partition coefficient (Wildman–Crippen LogP) is 8.17. The quantitative estimate of drug-likeness (QED) is 0.187. The van der Waals surface area contributed by atoms with E-state index in [0.717, 1.165) is 40.4 Å². The van der Waals surface area contributed by atoms with Crippen molar-refractivity contribution in [2.45, 2.75) is 52.1 Å². The third-order valence-corrected chi connectivity index (χ3v) is 6.14. The molecule has 0 saturated heterocycles. The Balaban J connectivity index is 1.18. The molecule has 4 nitrogen and oxygen atoms in total. The first kappa shape index (κ1) is 26.3. The van der Waals surface area contributed by atoms with Gasteiger partial charge < -0.3 is 18.9 Å². The molecule has 0 fully saturated rings. The largest absolute Gasteiger partial charge is 0.489 e. The second kappa shape index (κ2) is 13.0. The molecule has 0 spiro atoms. The van der Waals surface area contributed by atoms with Crippen molar-refractivity contribution >= 4 is 0 Å². The Hall–Kier alpha value is -3.76. The Morgan fingerprint density at radius 2 is 1.05 bits per heavy atom. The highest BCUT2D eigenvalue weighted by molar-refractivity contribution is 5.32. The van der Waals surface area contributed by atoms with Gasteiger partial charge in [0.15, 0.2) is 0 Å². The summed E-state index contributed by atoms with van der Waals surface area (Å²) in [5.74, 6) is 2.49. The summed E-state index contributed by atoms with van der Waals surface area (Å²) in [5, 5.41) is 0. The van der Waals surface area contributed by atoms with E-state index in [1.807, 2.05) is 72.8 Å². The summed E-state index contributed by atoms with van der Waals surface area (Å²) in [6.07, 6.45) is 0.752. The van der Waals surface area contributed by atoms with Crippen molar-refractivity contribution < 1.29 is 18.9 Å². The molecule has 0 bridgehead atoms. The van der Waals surface area contributed by atoms with Gasteiger partial charge in [0.1, 0.15) is 36.1 Å². The van der Waals surface area contributed by atoms with Crippen molar-refractivity contribution in [3.8, 4) is 17.2 Å². The molecule has 0 aromatic heterocycles. The van der Waals surface area contributed by atoms with Gasteiger partial charge in [0.05, 0.1) is 12.7 Å². The van der Waals surface area contributed by atoms with Gasteiger partial charge in [-0.25, -0.2) is 0 Å². The molecule has 0 amide bonds. The summed E-state index contributed by atoms with van der Waals surface area (Å²) in [7, 11) is 0. The SMILES string of the molecule is CC(OCCC(C)(C)Oc1ccc(OCc2ccccc2)cc1)c1ccc(OCc2ccccc2)cc1. The first-order valence-corrected chi connectivity index (χ1v) is 12.8. The van der Waals surface area contributed by atoms with Crippen LogP contribution in [-0.4, -0.2) is 12.2 Å². The highest BCUT2D eigenvalue weighted by Crippen LogP contribution is 2.26. The molecular formula is C33H36O4. The average molecular weight is 497 g/mol. The minimum atomic E-state index is -0.360. The van der Waals surface area contributed by atoms with E-state index < -0.39 is 0 Å². The van der Waals surface area contributed by atoms with Crippen molar-refractivity contribution in [1.82, 2.24) is 0 Å². The van der Waals surface area contributed by atoms with Crippen molar-refractivity contribution in [2.24, 2.45) is 0 Å². The number of rotatable bonds is 13. The van der Waals surface area contributed by atoms with E-state index >= 15 is 0 Å². The molecule has 0 saturated carbocycles. The van der Waals surface area contributed by atoms with Crippen molar-refractivity contribution in [3.05, 3.63) is 126 Å². The van der Waals surface area contributed by atoms with Crippen LogP contribution in [0.25, 0.3) is 0 Å². The highest BCUT2D eigenvalue weighted by Gasteiger charge is 2.20. The smallest absolute Gasteiger partial charge is 0.120 e. The molecule has 4 rings (SSSR count). The van der Waals surface area contributed by atoms with Gasteiger partial charge in [0, 0.05) is 6.42 Å². The van der Waals surface area contributed by atoms with Crippen LogP contribution in [0.4, 0.5) is 0 Å². The van der Waals surface area contributed by atoms with Gasteiger partial charge in [0.2, 0.25) is 0 Å². The lowest BCUT2D eigenvalue weighted by molar-refractivity contribution is 0.0156. The van der Waals surface area contributed by atoms with Gasteiger partial charge in [0.25, 0.3) is 0 Å². The van der Waals surface area contributed by atoms with E-state index in [2.05, 4.69) is 57.2 Å². The highest BCUT2D eigenvalue weighted by atomic mass is 16.5. The Bertz CT molecular complexity index is 1190. The number of ether oxygens (including phenoxy) is 4. The minimum absolute atomic E-state index is 0.0139. The lowest BCUT2D eigenvalue weighted by atomic mass is 10.1. The number of hydrogen-bond donors (Lipinski definition) is 0. The Morgan fingerprint density at radius 1 is 0.595 bits per heavy atom. The normalized spacial score (nSPS) is 12.1. The van der Waals surface area contributed by atoms with Crippen LogP contribution in [0.1, 0.15) is 50.0 Å². The molecule has 4 heteroatoms. The van der Waals surface area contributed by atoms with E-state index in [4.69, 9.17) is 18.9 Å². The van der Waals surface area contributed by atoms with Crippen LogP contribution in [-0.2, 0) is 18.0 Å². The topological polar surface area (TPSA) is 36.9 Å². The minimum Gasteiger partial charge on any atom is -0.489 e. The number of hydrogen-bond acceptors (Lipinski definition) is 4. The van der Waals surface area contributed by atoms with Gasteiger partial charge in [-0.3, -0.25) is 0 Å². The zero-order chi connectivity index (χ0) is 25.9. The molecule has 0 radical (unpaired) electrons. The summed E-state index contributed by atoms with van der Waals surface area (Å²) in [5.41, 5.74) is 3.06. The zero-order valence-electron chi connectivity index (χ0n) is 21.9. The Labute approximate surface area is 220 Å². The standard InChI is InChI=1S/C33H36O4/c1-26(29-14-16-30(17-15-29)35-24-27-10-6-4-7-11-27)34-23-22-33(2,3)37-32-20-18-31(19-21-32)36-25-28-12-8-5-9-13-28/h4-21,26H,22-25H2,1-3H3. The summed E-state index contributed by atoms with van der Waals surface area (Å²) in [4.78, 5) is 0. The van der Waals surface area contributed by atoms with Crippen LogP contribution in [0.15, 0.2) is 109 Å². The maximum Gasteiger partial charge on any atom is 0.120 e. The van der Waals surface area contributed by atoms with Gasteiger partial charge in [-0.05, 0) is 73.9 Å². The van der Waals surface area contributed by atoms with E-state index in [-0.39, 0.29) is 11.7 Å². The molecule has 1 atom stereocenters. The summed E-state index contributed by atoms with van der Waals surface area (Å²) >= 11 is 0. The third kappa shape index (κ3) is 8.69. The second-order valence-corrected chi connectivity index (χ2v) is 9.71. The van der Waals surface area contributed by atoms with E-state index in [9.17, 15) is 0 Å². The van der Waals surface area contributed by atoms with E-state index in [0.29, 0.717) is 19.8 Å². The van der Waals surface area contributed by atoms with Crippen LogP contribution in [0, 0.1) is 0 Å². The fourth-order valence-corrected chi connectivity index (χ4v) is 3.87. The number of benzene rings is 4. The fourth-order valence-electron chi connectivity index (χ4n) is 3.87. The molecule has 1 unspecified atom stereocenters. The van der Waals surface area contributed by atoms with Crippen LogP contribution in [0.2, 0.25) is 0 Å². The van der Waals surface area contributed by atoms with Gasteiger partial charge in [-0.2, -0.15) is 0 Å². The van der Waals surface area contributed by atoms with Crippen LogP contribution < -0.4 is 14.2 Å². The van der Waals surface area contributed by atoms with Crippen LogP contribution in [0.5, 0.6) is 17.2 Å². The van der Waals surface area contributed by atoms with E-state index in [1.165, 1.54) is 0 Å². The zero-order valence-corrected chi connectivity index (χ0v) is 21.9. The Morgan fingerprint density at radius 3 is 1.57 bits per heavy atom. The molecule has 0 aliphatic carbocycles. The molecule has 192 valence electrons. The summed E-state index contributed by atoms with van der Waals surface area (Å²) < 4.78 is 24.1. The molecule has 0 aliphatic rings.